The molecule has 3 heterocycles. The number of nitriles is 1. The molecule has 0 saturated carbocycles. The standard InChI is InChI=1S/C16H14N4O/c1-16(2)9-13(12-10-18-7-6-14(12)21-16)20-8-4-3-5-15(20)19-11-17/h3-10H,1-2H3. The van der Waals surface area contributed by atoms with E-state index in [1.807, 2.05) is 55.1 Å². The van der Waals surface area contributed by atoms with Gasteiger partial charge in [-0.1, -0.05) is 6.07 Å². The molecule has 3 rings (SSSR count). The summed E-state index contributed by atoms with van der Waals surface area (Å²) >= 11 is 0. The van der Waals surface area contributed by atoms with Gasteiger partial charge in [-0.25, -0.2) is 0 Å². The van der Waals surface area contributed by atoms with Gasteiger partial charge in [0.15, 0.2) is 0 Å². The maximum absolute atomic E-state index is 8.85. The molecular weight excluding hydrogens is 264 g/mol. The first-order chi connectivity index (χ1) is 10.1. The SMILES string of the molecule is CC1(C)C=C(n2ccccc2=NC#N)c2cnccc2O1. The highest BCUT2D eigenvalue weighted by Gasteiger charge is 2.27. The van der Waals surface area contributed by atoms with Gasteiger partial charge < -0.3 is 9.30 Å². The average Bonchev–Trinajstić information content (AvgIpc) is 2.46. The van der Waals surface area contributed by atoms with Gasteiger partial charge in [0, 0.05) is 18.6 Å². The smallest absolute Gasteiger partial charge is 0.207 e. The van der Waals surface area contributed by atoms with Crippen molar-refractivity contribution in [3.63, 3.8) is 0 Å². The van der Waals surface area contributed by atoms with Crippen molar-refractivity contribution >= 4 is 5.70 Å². The summed E-state index contributed by atoms with van der Waals surface area (Å²) in [6, 6.07) is 7.38. The fourth-order valence-electron chi connectivity index (χ4n) is 2.36. The molecule has 0 unspecified atom stereocenters. The Morgan fingerprint density at radius 2 is 2.19 bits per heavy atom. The second-order valence-corrected chi connectivity index (χ2v) is 5.25. The van der Waals surface area contributed by atoms with Crippen molar-refractivity contribution in [1.29, 1.82) is 5.26 Å². The Hall–Kier alpha value is -2.87. The van der Waals surface area contributed by atoms with E-state index in [9.17, 15) is 0 Å². The van der Waals surface area contributed by atoms with Gasteiger partial charge in [-0.15, -0.1) is 0 Å². The molecule has 0 amide bonds. The molecule has 5 heteroatoms. The van der Waals surface area contributed by atoms with Crippen LogP contribution in [0.15, 0.2) is 53.9 Å². The van der Waals surface area contributed by atoms with Crippen molar-refractivity contribution < 1.29 is 4.74 Å². The predicted molar refractivity (Wildman–Crippen MR) is 77.9 cm³/mol. The van der Waals surface area contributed by atoms with Crippen molar-refractivity contribution in [2.45, 2.75) is 19.4 Å². The van der Waals surface area contributed by atoms with Crippen LogP contribution in [0.5, 0.6) is 5.75 Å². The van der Waals surface area contributed by atoms with Crippen LogP contribution in [0.3, 0.4) is 0 Å². The lowest BCUT2D eigenvalue weighted by atomic mass is 10.0. The minimum Gasteiger partial charge on any atom is -0.483 e. The first-order valence-electron chi connectivity index (χ1n) is 6.58. The van der Waals surface area contributed by atoms with Crippen molar-refractivity contribution in [2.24, 2.45) is 4.99 Å². The third-order valence-corrected chi connectivity index (χ3v) is 3.18. The molecule has 0 bridgehead atoms. The molecule has 1 aliphatic rings. The Morgan fingerprint density at radius 3 is 3.00 bits per heavy atom. The average molecular weight is 278 g/mol. The summed E-state index contributed by atoms with van der Waals surface area (Å²) in [5.41, 5.74) is 1.90. The number of rotatable bonds is 1. The van der Waals surface area contributed by atoms with Crippen LogP contribution in [-0.4, -0.2) is 15.2 Å². The van der Waals surface area contributed by atoms with E-state index in [2.05, 4.69) is 9.98 Å². The van der Waals surface area contributed by atoms with E-state index >= 15 is 0 Å². The second-order valence-electron chi connectivity index (χ2n) is 5.25. The molecule has 0 saturated heterocycles. The Morgan fingerprint density at radius 1 is 1.33 bits per heavy atom. The Bertz CT molecular complexity index is 824. The lowest BCUT2D eigenvalue weighted by molar-refractivity contribution is 0.157. The highest BCUT2D eigenvalue weighted by atomic mass is 16.5. The van der Waals surface area contributed by atoms with E-state index in [-0.39, 0.29) is 0 Å². The molecule has 0 N–H and O–H groups in total. The van der Waals surface area contributed by atoms with Gasteiger partial charge in [-0.05, 0) is 38.1 Å². The Balaban J connectivity index is 2.29. The van der Waals surface area contributed by atoms with Crippen LogP contribution in [0, 0.1) is 11.5 Å². The molecule has 0 aromatic carbocycles. The third-order valence-electron chi connectivity index (χ3n) is 3.18. The molecule has 0 fully saturated rings. The number of ether oxygens (including phenoxy) is 1. The first-order valence-corrected chi connectivity index (χ1v) is 6.58. The lowest BCUT2D eigenvalue weighted by Gasteiger charge is -2.31. The van der Waals surface area contributed by atoms with E-state index < -0.39 is 5.60 Å². The summed E-state index contributed by atoms with van der Waals surface area (Å²) in [4.78, 5) is 8.04. The van der Waals surface area contributed by atoms with E-state index in [0.717, 1.165) is 17.0 Å². The highest BCUT2D eigenvalue weighted by Crippen LogP contribution is 2.35. The largest absolute Gasteiger partial charge is 0.483 e. The summed E-state index contributed by atoms with van der Waals surface area (Å²) in [5, 5.41) is 8.85. The molecule has 0 radical (unpaired) electrons. The van der Waals surface area contributed by atoms with Crippen molar-refractivity contribution in [3.05, 3.63) is 60.0 Å². The lowest BCUT2D eigenvalue weighted by Crippen LogP contribution is -2.32. The van der Waals surface area contributed by atoms with Gasteiger partial charge in [0.2, 0.25) is 6.19 Å². The summed E-state index contributed by atoms with van der Waals surface area (Å²) in [6.45, 7) is 3.97. The quantitative estimate of drug-likeness (QED) is 0.752. The molecule has 2 aromatic rings. The zero-order valence-corrected chi connectivity index (χ0v) is 11.8. The van der Waals surface area contributed by atoms with Crippen LogP contribution < -0.4 is 10.2 Å². The van der Waals surface area contributed by atoms with Crippen LogP contribution in [0.2, 0.25) is 0 Å². The van der Waals surface area contributed by atoms with Crippen LogP contribution in [0.25, 0.3) is 5.70 Å². The Labute approximate surface area is 122 Å². The van der Waals surface area contributed by atoms with Gasteiger partial charge in [-0.2, -0.15) is 10.3 Å². The summed E-state index contributed by atoms with van der Waals surface area (Å²) in [5.74, 6) is 0.770. The Kier molecular flexibility index (Phi) is 3.07. The molecule has 0 spiro atoms. The summed E-state index contributed by atoms with van der Waals surface area (Å²) in [7, 11) is 0. The molecule has 21 heavy (non-hydrogen) atoms. The van der Waals surface area contributed by atoms with E-state index in [1.54, 1.807) is 18.5 Å². The molecule has 2 aromatic heterocycles. The maximum Gasteiger partial charge on any atom is 0.207 e. The number of hydrogen-bond acceptors (Lipinski definition) is 4. The topological polar surface area (TPSA) is 63.2 Å². The van der Waals surface area contributed by atoms with Gasteiger partial charge in [-0.3, -0.25) is 4.98 Å². The van der Waals surface area contributed by atoms with Crippen molar-refractivity contribution in [1.82, 2.24) is 9.55 Å². The number of hydrogen-bond donors (Lipinski definition) is 0. The summed E-state index contributed by atoms with van der Waals surface area (Å²) in [6.07, 6.45) is 9.18. The van der Waals surface area contributed by atoms with Gasteiger partial charge in [0.1, 0.15) is 16.8 Å². The first kappa shape index (κ1) is 13.1. The molecule has 0 aliphatic carbocycles. The van der Waals surface area contributed by atoms with Crippen molar-refractivity contribution in [2.75, 3.05) is 0 Å². The van der Waals surface area contributed by atoms with E-state index in [1.165, 1.54) is 0 Å². The fraction of sp³-hybridized carbons (Fsp3) is 0.188. The highest BCUT2D eigenvalue weighted by molar-refractivity contribution is 5.72. The number of pyridine rings is 2. The van der Waals surface area contributed by atoms with Crippen LogP contribution in [0.4, 0.5) is 0 Å². The molecule has 1 aliphatic heterocycles. The predicted octanol–water partition coefficient (Wildman–Crippen LogP) is 2.33. The van der Waals surface area contributed by atoms with Crippen LogP contribution >= 0.6 is 0 Å². The summed E-state index contributed by atoms with van der Waals surface area (Å²) < 4.78 is 7.81. The van der Waals surface area contributed by atoms with E-state index in [0.29, 0.717) is 5.49 Å². The minimum absolute atomic E-state index is 0.448. The molecule has 5 nitrogen and oxygen atoms in total. The van der Waals surface area contributed by atoms with Gasteiger partial charge in [0.25, 0.3) is 0 Å². The van der Waals surface area contributed by atoms with Gasteiger partial charge in [0.05, 0.1) is 11.3 Å². The fourth-order valence-corrected chi connectivity index (χ4v) is 2.36. The number of nitrogens with zero attached hydrogens (tertiary/aromatic N) is 4. The monoisotopic (exact) mass is 278 g/mol. The normalized spacial score (nSPS) is 16.4. The van der Waals surface area contributed by atoms with Crippen LogP contribution in [-0.2, 0) is 0 Å². The zero-order valence-electron chi connectivity index (χ0n) is 11.8. The molecule has 104 valence electrons. The molecule has 0 atom stereocenters. The van der Waals surface area contributed by atoms with E-state index in [4.69, 9.17) is 10.00 Å². The second kappa shape index (κ2) is 4.91. The molecular formula is C16H14N4O. The van der Waals surface area contributed by atoms with Crippen LogP contribution in [0.1, 0.15) is 19.4 Å². The maximum atomic E-state index is 8.85. The minimum atomic E-state index is -0.448. The number of aromatic nitrogens is 2. The third kappa shape index (κ3) is 2.43. The zero-order chi connectivity index (χ0) is 14.9. The van der Waals surface area contributed by atoms with Crippen molar-refractivity contribution in [3.8, 4) is 11.9 Å². The number of fused-ring (bicyclic) bond motifs is 1. The van der Waals surface area contributed by atoms with Gasteiger partial charge >= 0.3 is 0 Å².